The minimum absolute atomic E-state index is 0.388. The molecule has 5 nitrogen and oxygen atoms in total. The average molecular weight is 296 g/mol. The summed E-state index contributed by atoms with van der Waals surface area (Å²) in [6, 6.07) is 7.75. The van der Waals surface area contributed by atoms with Crippen molar-refractivity contribution in [3.8, 4) is 0 Å². The third-order valence-corrected chi connectivity index (χ3v) is 3.46. The summed E-state index contributed by atoms with van der Waals surface area (Å²) in [5.41, 5.74) is -0.788. The van der Waals surface area contributed by atoms with E-state index in [1.165, 1.54) is 6.08 Å². The molecule has 2 N–H and O–H groups in total. The first-order chi connectivity index (χ1) is 10.6. The molecule has 0 aromatic heterocycles. The Morgan fingerprint density at radius 2 is 1.68 bits per heavy atom. The number of benzene rings is 1. The fourth-order valence-electron chi connectivity index (χ4n) is 2.45. The van der Waals surface area contributed by atoms with Gasteiger partial charge in [-0.2, -0.15) is 0 Å². The molecule has 0 saturated carbocycles. The zero-order valence-corrected chi connectivity index (χ0v) is 12.1. The Kier molecular flexibility index (Phi) is 4.36. The van der Waals surface area contributed by atoms with Crippen molar-refractivity contribution in [1.29, 1.82) is 0 Å². The summed E-state index contributed by atoms with van der Waals surface area (Å²) in [5, 5.41) is 4.34. The highest BCUT2D eigenvalue weighted by Gasteiger charge is 2.53. The van der Waals surface area contributed by atoms with Crippen molar-refractivity contribution < 1.29 is 14.4 Å². The number of urea groups is 1. The summed E-state index contributed by atoms with van der Waals surface area (Å²) < 4.78 is 0. The number of carbonyl (C=O) groups is 3. The maximum atomic E-state index is 12.6. The average Bonchev–Trinajstić information content (AvgIpc) is 2.50. The lowest BCUT2D eigenvalue weighted by Crippen LogP contribution is -2.65. The molecule has 1 aromatic carbocycles. The SMILES string of the molecule is C=C/C(=C\C=C/C)C1(c2ccccc2)C(=O)NC(=O)NC1=O. The topological polar surface area (TPSA) is 75.3 Å². The quantitative estimate of drug-likeness (QED) is 0.659. The zero-order valence-electron chi connectivity index (χ0n) is 12.1. The number of carbonyl (C=O) groups excluding carboxylic acids is 3. The number of hydrogen-bond donors (Lipinski definition) is 2. The highest BCUT2D eigenvalue weighted by atomic mass is 16.2. The molecule has 1 aliphatic rings. The monoisotopic (exact) mass is 296 g/mol. The first-order valence-corrected chi connectivity index (χ1v) is 6.75. The van der Waals surface area contributed by atoms with Gasteiger partial charge in [-0.15, -0.1) is 0 Å². The van der Waals surface area contributed by atoms with Crippen molar-refractivity contribution in [3.05, 3.63) is 72.4 Å². The van der Waals surface area contributed by atoms with Crippen LogP contribution in [-0.2, 0) is 15.0 Å². The fourth-order valence-corrected chi connectivity index (χ4v) is 2.45. The Hall–Kier alpha value is -2.95. The van der Waals surface area contributed by atoms with Crippen molar-refractivity contribution in [2.45, 2.75) is 12.3 Å². The molecular formula is C17H16N2O3. The van der Waals surface area contributed by atoms with Gasteiger partial charge in [0.1, 0.15) is 0 Å². The van der Waals surface area contributed by atoms with Gasteiger partial charge in [-0.1, -0.05) is 61.2 Å². The third-order valence-electron chi connectivity index (χ3n) is 3.46. The van der Waals surface area contributed by atoms with Crippen LogP contribution in [0.3, 0.4) is 0 Å². The van der Waals surface area contributed by atoms with Crippen LogP contribution < -0.4 is 10.6 Å². The fraction of sp³-hybridized carbons (Fsp3) is 0.118. The van der Waals surface area contributed by atoms with Crippen LogP contribution in [0.5, 0.6) is 0 Å². The van der Waals surface area contributed by atoms with Crippen molar-refractivity contribution in [2.75, 3.05) is 0 Å². The molecule has 22 heavy (non-hydrogen) atoms. The number of imide groups is 2. The second-order valence-corrected chi connectivity index (χ2v) is 4.71. The first-order valence-electron chi connectivity index (χ1n) is 6.75. The van der Waals surface area contributed by atoms with Crippen LogP contribution in [0.2, 0.25) is 0 Å². The maximum absolute atomic E-state index is 12.6. The predicted molar refractivity (Wildman–Crippen MR) is 82.9 cm³/mol. The summed E-state index contributed by atoms with van der Waals surface area (Å²) in [6.45, 7) is 5.52. The molecule has 5 heteroatoms. The van der Waals surface area contributed by atoms with E-state index in [0.717, 1.165) is 0 Å². The Bertz CT molecular complexity index is 667. The van der Waals surface area contributed by atoms with E-state index < -0.39 is 23.3 Å². The third kappa shape index (κ3) is 2.37. The summed E-state index contributed by atoms with van der Waals surface area (Å²) >= 11 is 0. The highest BCUT2D eigenvalue weighted by Crippen LogP contribution is 2.35. The summed E-state index contributed by atoms with van der Waals surface area (Å²) in [5.74, 6) is -1.38. The normalized spacial score (nSPS) is 18.0. The number of nitrogens with one attached hydrogen (secondary N) is 2. The van der Waals surface area contributed by atoms with Gasteiger partial charge in [0.05, 0.1) is 0 Å². The van der Waals surface area contributed by atoms with Crippen LogP contribution in [-0.4, -0.2) is 17.8 Å². The van der Waals surface area contributed by atoms with Crippen LogP contribution in [0.15, 0.2) is 66.8 Å². The lowest BCUT2D eigenvalue weighted by Gasteiger charge is -2.35. The molecule has 1 aromatic rings. The van der Waals surface area contributed by atoms with E-state index in [-0.39, 0.29) is 0 Å². The highest BCUT2D eigenvalue weighted by molar-refractivity contribution is 6.25. The van der Waals surface area contributed by atoms with Crippen LogP contribution in [0.1, 0.15) is 12.5 Å². The molecule has 1 saturated heterocycles. The lowest BCUT2D eigenvalue weighted by molar-refractivity contribution is -0.136. The van der Waals surface area contributed by atoms with Gasteiger partial charge in [0.15, 0.2) is 5.41 Å². The molecule has 112 valence electrons. The van der Waals surface area contributed by atoms with Crippen LogP contribution in [0.25, 0.3) is 0 Å². The summed E-state index contributed by atoms with van der Waals surface area (Å²) in [6.07, 6.45) is 6.56. The van der Waals surface area contributed by atoms with E-state index in [0.29, 0.717) is 11.1 Å². The molecule has 0 radical (unpaired) electrons. The predicted octanol–water partition coefficient (Wildman–Crippen LogP) is 1.98. The standard InChI is InChI=1S/C17H16N2O3/c1-3-5-9-12(4-2)17(13-10-7-6-8-11-13)14(20)18-16(22)19-15(17)21/h3-11H,2H2,1H3,(H2,18,19,20,21,22)/b5-3-,12-9+. The van der Waals surface area contributed by atoms with Gasteiger partial charge in [-0.05, 0) is 18.1 Å². The number of rotatable bonds is 4. The Morgan fingerprint density at radius 3 is 2.18 bits per heavy atom. The number of hydrogen-bond acceptors (Lipinski definition) is 3. The van der Waals surface area contributed by atoms with Gasteiger partial charge in [0.2, 0.25) is 0 Å². The number of barbiturate groups is 1. The maximum Gasteiger partial charge on any atom is 0.328 e. The van der Waals surface area contributed by atoms with Crippen LogP contribution in [0, 0.1) is 0 Å². The smallest absolute Gasteiger partial charge is 0.276 e. The van der Waals surface area contributed by atoms with Gasteiger partial charge < -0.3 is 0 Å². The molecule has 0 bridgehead atoms. The molecule has 0 aliphatic carbocycles. The zero-order chi connectivity index (χ0) is 16.2. The van der Waals surface area contributed by atoms with Gasteiger partial charge in [0.25, 0.3) is 11.8 Å². The van der Waals surface area contributed by atoms with E-state index in [9.17, 15) is 14.4 Å². The second kappa shape index (κ2) is 6.22. The minimum Gasteiger partial charge on any atom is -0.276 e. The minimum atomic E-state index is -1.64. The second-order valence-electron chi connectivity index (χ2n) is 4.71. The van der Waals surface area contributed by atoms with Gasteiger partial charge in [-0.25, -0.2) is 4.79 Å². The van der Waals surface area contributed by atoms with Gasteiger partial charge >= 0.3 is 6.03 Å². The van der Waals surface area contributed by atoms with Crippen molar-refractivity contribution in [1.82, 2.24) is 10.6 Å². The summed E-state index contributed by atoms with van der Waals surface area (Å²) in [4.78, 5) is 36.6. The van der Waals surface area contributed by atoms with Crippen LogP contribution >= 0.6 is 0 Å². The van der Waals surface area contributed by atoms with Crippen LogP contribution in [0.4, 0.5) is 4.79 Å². The van der Waals surface area contributed by atoms with Crippen molar-refractivity contribution in [2.24, 2.45) is 0 Å². The molecule has 0 unspecified atom stereocenters. The van der Waals surface area contributed by atoms with Crippen molar-refractivity contribution in [3.63, 3.8) is 0 Å². The molecule has 4 amide bonds. The van der Waals surface area contributed by atoms with Crippen molar-refractivity contribution >= 4 is 17.8 Å². The largest absolute Gasteiger partial charge is 0.328 e. The molecule has 0 atom stereocenters. The molecular weight excluding hydrogens is 280 g/mol. The summed E-state index contributed by atoms with van der Waals surface area (Å²) in [7, 11) is 0. The molecule has 0 spiro atoms. The Balaban J connectivity index is 2.75. The first kappa shape index (κ1) is 15.4. The molecule has 1 fully saturated rings. The van der Waals surface area contributed by atoms with E-state index in [1.54, 1.807) is 48.6 Å². The van der Waals surface area contributed by atoms with E-state index in [1.807, 2.05) is 6.92 Å². The molecule has 2 rings (SSSR count). The number of amides is 4. The van der Waals surface area contributed by atoms with E-state index >= 15 is 0 Å². The number of allylic oxidation sites excluding steroid dienone is 4. The molecule has 1 aliphatic heterocycles. The Morgan fingerprint density at radius 1 is 1.09 bits per heavy atom. The van der Waals surface area contributed by atoms with Gasteiger partial charge in [-0.3, -0.25) is 20.2 Å². The van der Waals surface area contributed by atoms with E-state index in [2.05, 4.69) is 17.2 Å². The van der Waals surface area contributed by atoms with Gasteiger partial charge in [0, 0.05) is 0 Å². The van der Waals surface area contributed by atoms with E-state index in [4.69, 9.17) is 0 Å². The lowest BCUT2D eigenvalue weighted by atomic mass is 9.71. The molecule has 1 heterocycles. The Labute approximate surface area is 128 Å².